The van der Waals surface area contributed by atoms with E-state index in [1.54, 1.807) is 0 Å². The van der Waals surface area contributed by atoms with Gasteiger partial charge < -0.3 is 10.1 Å². The molecule has 138 valence electrons. The predicted octanol–water partition coefficient (Wildman–Crippen LogP) is 3.02. The molecular formula is C15H14ClN3O6S. The van der Waals surface area contributed by atoms with Crippen LogP contribution in [0.5, 0.6) is 5.75 Å². The highest BCUT2D eigenvalue weighted by Crippen LogP contribution is 2.31. The number of nitrogens with one attached hydrogen (secondary N) is 2. The lowest BCUT2D eigenvalue weighted by molar-refractivity contribution is -0.385. The van der Waals surface area contributed by atoms with Gasteiger partial charge >= 0.3 is 0 Å². The first-order valence-corrected chi connectivity index (χ1v) is 8.92. The van der Waals surface area contributed by atoms with Crippen molar-refractivity contribution in [1.29, 1.82) is 0 Å². The van der Waals surface area contributed by atoms with Crippen molar-refractivity contribution in [3.63, 3.8) is 0 Å². The summed E-state index contributed by atoms with van der Waals surface area (Å²) in [6.07, 6.45) is 0. The quantitative estimate of drug-likeness (QED) is 0.567. The number of rotatable bonds is 6. The number of ether oxygens (including phenoxy) is 1. The van der Waals surface area contributed by atoms with Crippen LogP contribution in [-0.4, -0.2) is 26.4 Å². The Kier molecular flexibility index (Phi) is 5.68. The van der Waals surface area contributed by atoms with E-state index in [1.165, 1.54) is 38.3 Å². The summed E-state index contributed by atoms with van der Waals surface area (Å²) in [5.41, 5.74) is 0.0259. The van der Waals surface area contributed by atoms with E-state index in [-0.39, 0.29) is 22.4 Å². The van der Waals surface area contributed by atoms with Crippen molar-refractivity contribution >= 4 is 44.6 Å². The zero-order valence-corrected chi connectivity index (χ0v) is 15.2. The molecule has 2 aromatic rings. The predicted molar refractivity (Wildman–Crippen MR) is 96.2 cm³/mol. The van der Waals surface area contributed by atoms with Gasteiger partial charge in [0.2, 0.25) is 5.91 Å². The van der Waals surface area contributed by atoms with Crippen LogP contribution < -0.4 is 14.8 Å². The number of nitro groups is 1. The summed E-state index contributed by atoms with van der Waals surface area (Å²) >= 11 is 6.01. The highest BCUT2D eigenvalue weighted by Gasteiger charge is 2.23. The zero-order chi connectivity index (χ0) is 19.5. The first kappa shape index (κ1) is 19.5. The molecule has 0 radical (unpaired) electrons. The number of carbonyl (C=O) groups is 1. The Labute approximate surface area is 154 Å². The number of carbonyl (C=O) groups excluding carboxylic acids is 1. The maximum absolute atomic E-state index is 12.6. The van der Waals surface area contributed by atoms with Crippen molar-refractivity contribution in [2.24, 2.45) is 0 Å². The third-order valence-electron chi connectivity index (χ3n) is 3.18. The molecule has 0 bridgehead atoms. The van der Waals surface area contributed by atoms with Gasteiger partial charge in [0.05, 0.1) is 28.4 Å². The normalized spacial score (nSPS) is 10.9. The van der Waals surface area contributed by atoms with Crippen LogP contribution in [0.4, 0.5) is 17.1 Å². The minimum Gasteiger partial charge on any atom is -0.495 e. The minimum atomic E-state index is -4.19. The van der Waals surface area contributed by atoms with Gasteiger partial charge in [0.1, 0.15) is 10.6 Å². The second-order valence-electron chi connectivity index (χ2n) is 5.07. The number of benzene rings is 2. The average molecular weight is 400 g/mol. The highest BCUT2D eigenvalue weighted by molar-refractivity contribution is 7.92. The lowest BCUT2D eigenvalue weighted by Crippen LogP contribution is -2.14. The summed E-state index contributed by atoms with van der Waals surface area (Å²) in [5.74, 6) is -0.384. The van der Waals surface area contributed by atoms with Gasteiger partial charge in [-0.2, -0.15) is 0 Å². The maximum atomic E-state index is 12.6. The van der Waals surface area contributed by atoms with Gasteiger partial charge in [-0.3, -0.25) is 19.6 Å². The van der Waals surface area contributed by atoms with Crippen LogP contribution in [0.3, 0.4) is 0 Å². The monoisotopic (exact) mass is 399 g/mol. The van der Waals surface area contributed by atoms with Gasteiger partial charge in [-0.05, 0) is 24.3 Å². The topological polar surface area (TPSA) is 128 Å². The van der Waals surface area contributed by atoms with Gasteiger partial charge in [-0.25, -0.2) is 8.42 Å². The van der Waals surface area contributed by atoms with Gasteiger partial charge in [-0.15, -0.1) is 0 Å². The summed E-state index contributed by atoms with van der Waals surface area (Å²) < 4.78 is 32.5. The first-order valence-electron chi connectivity index (χ1n) is 7.06. The molecule has 0 atom stereocenters. The van der Waals surface area contributed by atoms with E-state index >= 15 is 0 Å². The molecule has 0 unspecified atom stereocenters. The van der Waals surface area contributed by atoms with Gasteiger partial charge in [0.25, 0.3) is 15.7 Å². The summed E-state index contributed by atoms with van der Waals surface area (Å²) in [5, 5.41) is 13.5. The third-order valence-corrected chi connectivity index (χ3v) is 4.89. The fourth-order valence-corrected chi connectivity index (χ4v) is 3.54. The molecule has 0 saturated heterocycles. The molecule has 0 aliphatic rings. The molecule has 11 heteroatoms. The van der Waals surface area contributed by atoms with Gasteiger partial charge in [0, 0.05) is 19.1 Å². The number of nitro benzene ring substituents is 1. The number of amides is 1. The molecule has 0 fully saturated rings. The van der Waals surface area contributed by atoms with Crippen molar-refractivity contribution in [3.8, 4) is 5.75 Å². The second kappa shape index (κ2) is 7.58. The second-order valence-corrected chi connectivity index (χ2v) is 7.13. The lowest BCUT2D eigenvalue weighted by atomic mass is 10.3. The van der Waals surface area contributed by atoms with E-state index < -0.39 is 25.5 Å². The van der Waals surface area contributed by atoms with Gasteiger partial charge in [0.15, 0.2) is 0 Å². The number of hydrogen-bond acceptors (Lipinski definition) is 6. The standard InChI is InChI=1S/C15H14ClN3O6S/c1-9(20)17-13-5-3-10(7-12(13)16)18-26(23,24)15-8-11(19(21)22)4-6-14(15)25-2/h3-8,18H,1-2H3,(H,17,20). The SMILES string of the molecule is COc1ccc([N+](=O)[O-])cc1S(=O)(=O)Nc1ccc(NC(C)=O)c(Cl)c1. The molecule has 0 aliphatic heterocycles. The van der Waals surface area contributed by atoms with Crippen LogP contribution in [0.25, 0.3) is 0 Å². The van der Waals surface area contributed by atoms with Gasteiger partial charge in [-0.1, -0.05) is 11.6 Å². The minimum absolute atomic E-state index is 0.0518. The van der Waals surface area contributed by atoms with Crippen molar-refractivity contribution in [1.82, 2.24) is 0 Å². The molecule has 0 heterocycles. The number of sulfonamides is 1. The molecule has 0 aliphatic carbocycles. The Hall–Kier alpha value is -2.85. The van der Waals surface area contributed by atoms with Crippen LogP contribution in [0, 0.1) is 10.1 Å². The third kappa shape index (κ3) is 4.41. The van der Waals surface area contributed by atoms with Crippen LogP contribution >= 0.6 is 11.6 Å². The molecule has 26 heavy (non-hydrogen) atoms. The van der Waals surface area contributed by atoms with E-state index in [0.717, 1.165) is 12.1 Å². The Morgan fingerprint density at radius 2 is 1.92 bits per heavy atom. The van der Waals surface area contributed by atoms with E-state index in [2.05, 4.69) is 10.0 Å². The maximum Gasteiger partial charge on any atom is 0.271 e. The molecule has 2 aromatic carbocycles. The fourth-order valence-electron chi connectivity index (χ4n) is 2.07. The number of non-ortho nitro benzene ring substituents is 1. The van der Waals surface area contributed by atoms with E-state index in [1.807, 2.05) is 0 Å². The fraction of sp³-hybridized carbons (Fsp3) is 0.133. The average Bonchev–Trinajstić information content (AvgIpc) is 2.56. The Bertz CT molecular complexity index is 977. The molecule has 2 N–H and O–H groups in total. The number of anilines is 2. The van der Waals surface area contributed by atoms with E-state index in [4.69, 9.17) is 16.3 Å². The molecule has 2 rings (SSSR count). The van der Waals surface area contributed by atoms with Crippen LogP contribution in [-0.2, 0) is 14.8 Å². The van der Waals surface area contributed by atoms with Crippen molar-refractivity contribution in [3.05, 3.63) is 51.5 Å². The van der Waals surface area contributed by atoms with Crippen molar-refractivity contribution in [2.75, 3.05) is 17.1 Å². The molecular weight excluding hydrogens is 386 g/mol. The lowest BCUT2D eigenvalue weighted by Gasteiger charge is -2.13. The summed E-state index contributed by atoms with van der Waals surface area (Å²) in [6.45, 7) is 1.31. The first-order chi connectivity index (χ1) is 12.1. The molecule has 9 nitrogen and oxygen atoms in total. The smallest absolute Gasteiger partial charge is 0.271 e. The summed E-state index contributed by atoms with van der Waals surface area (Å²) in [6, 6.07) is 7.34. The largest absolute Gasteiger partial charge is 0.495 e. The Morgan fingerprint density at radius 3 is 2.46 bits per heavy atom. The summed E-state index contributed by atoms with van der Waals surface area (Å²) in [4.78, 5) is 20.9. The molecule has 0 spiro atoms. The number of methoxy groups -OCH3 is 1. The number of halogens is 1. The molecule has 1 amide bonds. The Balaban J connectivity index is 2.40. The zero-order valence-electron chi connectivity index (χ0n) is 13.6. The molecule has 0 aromatic heterocycles. The number of hydrogen-bond donors (Lipinski definition) is 2. The number of nitrogens with zero attached hydrogens (tertiary/aromatic N) is 1. The van der Waals surface area contributed by atoms with E-state index in [0.29, 0.717) is 5.69 Å². The van der Waals surface area contributed by atoms with E-state index in [9.17, 15) is 23.3 Å². The van der Waals surface area contributed by atoms with Crippen LogP contribution in [0.15, 0.2) is 41.3 Å². The highest BCUT2D eigenvalue weighted by atomic mass is 35.5. The Morgan fingerprint density at radius 1 is 1.23 bits per heavy atom. The molecule has 0 saturated carbocycles. The summed E-state index contributed by atoms with van der Waals surface area (Å²) in [7, 11) is -2.94. The van der Waals surface area contributed by atoms with Crippen LogP contribution in [0.1, 0.15) is 6.92 Å². The van der Waals surface area contributed by atoms with Crippen LogP contribution in [0.2, 0.25) is 5.02 Å². The van der Waals surface area contributed by atoms with Crippen molar-refractivity contribution < 1.29 is 22.9 Å². The van der Waals surface area contributed by atoms with Crippen molar-refractivity contribution in [2.45, 2.75) is 11.8 Å².